The van der Waals surface area contributed by atoms with Crippen LogP contribution in [0.3, 0.4) is 0 Å². The molecule has 0 amide bonds. The number of rotatable bonds is 9. The number of sulfonamides is 2. The van der Waals surface area contributed by atoms with Gasteiger partial charge in [0.2, 0.25) is 0 Å². The lowest BCUT2D eigenvalue weighted by Crippen LogP contribution is -2.18. The van der Waals surface area contributed by atoms with E-state index in [1.807, 2.05) is 21.6 Å². The van der Waals surface area contributed by atoms with Crippen LogP contribution in [0.4, 0.5) is 20.2 Å². The molecule has 0 unspecified atom stereocenters. The topological polar surface area (TPSA) is 149 Å². The Balaban J connectivity index is 2.02. The molecule has 0 atom stereocenters. The van der Waals surface area contributed by atoms with Gasteiger partial charge in [-0.1, -0.05) is 12.1 Å². The highest BCUT2D eigenvalue weighted by Crippen LogP contribution is 2.31. The summed E-state index contributed by atoms with van der Waals surface area (Å²) in [4.78, 5) is -1.18. The highest BCUT2D eigenvalue weighted by molar-refractivity contribution is 7.93. The Morgan fingerprint density at radius 3 is 1.75 bits per heavy atom. The van der Waals surface area contributed by atoms with Crippen molar-refractivity contribution in [3.05, 3.63) is 77.4 Å². The lowest BCUT2D eigenvalue weighted by atomic mass is 10.1. The molecule has 0 aliphatic carbocycles. The maximum atomic E-state index is 14.3. The Labute approximate surface area is 206 Å². The molecular weight excluding hydrogens is 514 g/mol. The lowest BCUT2D eigenvalue weighted by molar-refractivity contribution is 0.402. The number of nitrogens with zero attached hydrogens (tertiary/aromatic N) is 2. The van der Waals surface area contributed by atoms with Crippen molar-refractivity contribution in [1.82, 2.24) is 0 Å². The van der Waals surface area contributed by atoms with Gasteiger partial charge < -0.3 is 4.74 Å². The summed E-state index contributed by atoms with van der Waals surface area (Å²) >= 11 is 0. The Bertz CT molecular complexity index is 1610. The second-order valence-electron chi connectivity index (χ2n) is 7.32. The molecule has 13 heteroatoms. The zero-order valence-corrected chi connectivity index (χ0v) is 20.3. The molecule has 36 heavy (non-hydrogen) atoms. The first-order chi connectivity index (χ1) is 17.0. The normalized spacial score (nSPS) is 11.2. The van der Waals surface area contributed by atoms with Crippen molar-refractivity contribution in [1.29, 1.82) is 10.5 Å². The molecule has 0 heterocycles. The van der Waals surface area contributed by atoms with Crippen LogP contribution in [0.2, 0.25) is 0 Å². The average Bonchev–Trinajstić information content (AvgIpc) is 2.83. The molecule has 0 saturated heterocycles. The van der Waals surface area contributed by atoms with E-state index in [9.17, 15) is 25.6 Å². The van der Waals surface area contributed by atoms with Crippen LogP contribution >= 0.6 is 0 Å². The van der Waals surface area contributed by atoms with Gasteiger partial charge in [-0.3, -0.25) is 9.44 Å². The van der Waals surface area contributed by atoms with Crippen LogP contribution in [-0.2, 0) is 32.9 Å². The van der Waals surface area contributed by atoms with Gasteiger partial charge in [0.25, 0.3) is 20.0 Å². The number of ether oxygens (including phenoxy) is 1. The average molecular weight is 533 g/mol. The van der Waals surface area contributed by atoms with Gasteiger partial charge in [0.05, 0.1) is 48.4 Å². The number of hydrogen-bond acceptors (Lipinski definition) is 7. The summed E-state index contributed by atoms with van der Waals surface area (Å²) in [6.45, 7) is 0. The standard InChI is InChI=1S/C23H18F2N4O5S2/c1-34-22-7-4-17(35(30,31)28-20-12-15(8-10-26)2-5-18(20)24)14-23(22)36(32,33)29-21-13-16(9-11-27)3-6-19(21)25/h2-7,12-14,28-29H,8-9H2,1H3. The van der Waals surface area contributed by atoms with Crippen LogP contribution in [0.25, 0.3) is 0 Å². The molecule has 0 aliphatic rings. The van der Waals surface area contributed by atoms with Crippen LogP contribution in [0.1, 0.15) is 11.1 Å². The van der Waals surface area contributed by atoms with E-state index in [1.54, 1.807) is 0 Å². The number of hydrogen-bond donors (Lipinski definition) is 2. The van der Waals surface area contributed by atoms with Crippen molar-refractivity contribution >= 4 is 31.4 Å². The maximum absolute atomic E-state index is 14.3. The van der Waals surface area contributed by atoms with Crippen LogP contribution in [-0.4, -0.2) is 23.9 Å². The van der Waals surface area contributed by atoms with Crippen molar-refractivity contribution in [2.75, 3.05) is 16.6 Å². The second-order valence-corrected chi connectivity index (χ2v) is 10.7. The van der Waals surface area contributed by atoms with E-state index in [0.29, 0.717) is 11.1 Å². The van der Waals surface area contributed by atoms with Gasteiger partial charge in [0.1, 0.15) is 22.3 Å². The van der Waals surface area contributed by atoms with E-state index in [4.69, 9.17) is 15.3 Å². The highest BCUT2D eigenvalue weighted by atomic mass is 32.2. The van der Waals surface area contributed by atoms with Crippen molar-refractivity contribution in [3.8, 4) is 17.9 Å². The minimum absolute atomic E-state index is 0.0856. The fraction of sp³-hybridized carbons (Fsp3) is 0.130. The highest BCUT2D eigenvalue weighted by Gasteiger charge is 2.26. The number of benzene rings is 3. The van der Waals surface area contributed by atoms with Crippen molar-refractivity contribution in [2.45, 2.75) is 22.6 Å². The number of nitrogens with one attached hydrogen (secondary N) is 2. The van der Waals surface area contributed by atoms with E-state index < -0.39 is 52.8 Å². The van der Waals surface area contributed by atoms with Crippen LogP contribution in [0, 0.1) is 34.3 Å². The molecule has 0 fully saturated rings. The molecular formula is C23H18F2N4O5S2. The van der Waals surface area contributed by atoms with Crippen LogP contribution in [0.15, 0.2) is 64.4 Å². The first-order valence-corrected chi connectivity index (χ1v) is 13.0. The predicted octanol–water partition coefficient (Wildman–Crippen LogP) is 3.71. The molecule has 0 aliphatic heterocycles. The van der Waals surface area contributed by atoms with E-state index in [1.165, 1.54) is 12.1 Å². The third-order valence-electron chi connectivity index (χ3n) is 4.85. The summed E-state index contributed by atoms with van der Waals surface area (Å²) < 4.78 is 89.7. The number of nitriles is 2. The van der Waals surface area contributed by atoms with Gasteiger partial charge in [-0.15, -0.1) is 0 Å². The molecule has 2 N–H and O–H groups in total. The molecule has 9 nitrogen and oxygen atoms in total. The quantitative estimate of drug-likeness (QED) is 0.427. The molecule has 0 saturated carbocycles. The monoisotopic (exact) mass is 532 g/mol. The summed E-state index contributed by atoms with van der Waals surface area (Å²) in [5.41, 5.74) is -0.172. The minimum atomic E-state index is -4.59. The van der Waals surface area contributed by atoms with Gasteiger partial charge in [0.15, 0.2) is 0 Å². The summed E-state index contributed by atoms with van der Waals surface area (Å²) in [6, 6.07) is 13.5. The molecule has 0 bridgehead atoms. The fourth-order valence-electron chi connectivity index (χ4n) is 3.14. The van der Waals surface area contributed by atoms with Crippen molar-refractivity contribution < 1.29 is 30.4 Å². The van der Waals surface area contributed by atoms with Crippen LogP contribution < -0.4 is 14.2 Å². The zero-order chi connectivity index (χ0) is 26.5. The van der Waals surface area contributed by atoms with Crippen molar-refractivity contribution in [3.63, 3.8) is 0 Å². The van der Waals surface area contributed by atoms with Gasteiger partial charge in [0, 0.05) is 0 Å². The molecule has 0 aromatic heterocycles. The smallest absolute Gasteiger partial charge is 0.265 e. The maximum Gasteiger partial charge on any atom is 0.265 e. The Morgan fingerprint density at radius 2 is 1.28 bits per heavy atom. The largest absolute Gasteiger partial charge is 0.495 e. The SMILES string of the molecule is COc1ccc(S(=O)(=O)Nc2cc(CC#N)ccc2F)cc1S(=O)(=O)Nc1cc(CC#N)ccc1F. The summed E-state index contributed by atoms with van der Waals surface area (Å²) in [5, 5.41) is 17.6. The van der Waals surface area contributed by atoms with Gasteiger partial charge >= 0.3 is 0 Å². The predicted molar refractivity (Wildman–Crippen MR) is 126 cm³/mol. The molecule has 0 spiro atoms. The van der Waals surface area contributed by atoms with E-state index in [2.05, 4.69) is 0 Å². The molecule has 3 rings (SSSR count). The second kappa shape index (κ2) is 10.6. The first kappa shape index (κ1) is 26.4. The molecule has 0 radical (unpaired) electrons. The lowest BCUT2D eigenvalue weighted by Gasteiger charge is -2.15. The fourth-order valence-corrected chi connectivity index (χ4v) is 5.55. The number of halogens is 2. The number of methoxy groups -OCH3 is 1. The van der Waals surface area contributed by atoms with Gasteiger partial charge in [-0.05, 0) is 53.6 Å². The molecule has 186 valence electrons. The zero-order valence-electron chi connectivity index (χ0n) is 18.6. The number of anilines is 2. The molecule has 3 aromatic rings. The Kier molecular flexibility index (Phi) is 7.77. The van der Waals surface area contributed by atoms with Gasteiger partial charge in [-0.2, -0.15) is 10.5 Å². The van der Waals surface area contributed by atoms with Gasteiger partial charge in [-0.25, -0.2) is 25.6 Å². The minimum Gasteiger partial charge on any atom is -0.495 e. The summed E-state index contributed by atoms with van der Waals surface area (Å²) in [7, 11) is -7.93. The van der Waals surface area contributed by atoms with E-state index >= 15 is 0 Å². The summed E-state index contributed by atoms with van der Waals surface area (Å²) in [6.07, 6.45) is -0.179. The Morgan fingerprint density at radius 1 is 0.778 bits per heavy atom. The third kappa shape index (κ3) is 5.89. The summed E-state index contributed by atoms with van der Waals surface area (Å²) in [5.74, 6) is -2.06. The third-order valence-corrected chi connectivity index (χ3v) is 7.60. The first-order valence-electron chi connectivity index (χ1n) is 10.0. The molecule has 3 aromatic carbocycles. The van der Waals surface area contributed by atoms with Crippen molar-refractivity contribution in [2.24, 2.45) is 0 Å². The van der Waals surface area contributed by atoms with Crippen LogP contribution in [0.5, 0.6) is 5.75 Å². The van der Waals surface area contributed by atoms with E-state index in [0.717, 1.165) is 49.6 Å². The Hall–Kier alpha value is -4.20. The van der Waals surface area contributed by atoms with E-state index in [-0.39, 0.29) is 18.6 Å².